The van der Waals surface area contributed by atoms with E-state index >= 15 is 0 Å². The zero-order chi connectivity index (χ0) is 18.1. The summed E-state index contributed by atoms with van der Waals surface area (Å²) >= 11 is 0. The van der Waals surface area contributed by atoms with E-state index in [1.165, 1.54) is 19.2 Å². The SMILES string of the molecule is COC(=O)C1CC(C)N(C(=O)c2cc(O)cc(O)c2)c2ccccc21. The lowest BCUT2D eigenvalue weighted by Gasteiger charge is -2.38. The van der Waals surface area contributed by atoms with Crippen LogP contribution in [0.3, 0.4) is 0 Å². The number of benzene rings is 2. The van der Waals surface area contributed by atoms with Crippen LogP contribution in [0.2, 0.25) is 0 Å². The standard InChI is InChI=1S/C19H19NO5/c1-11-7-16(19(24)25-2)15-5-3-4-6-17(15)20(11)18(23)12-8-13(21)10-14(22)9-12/h3-6,8-11,16,21-22H,7H2,1-2H3. The number of hydrogen-bond acceptors (Lipinski definition) is 5. The fourth-order valence-electron chi connectivity index (χ4n) is 3.35. The van der Waals surface area contributed by atoms with Crippen molar-refractivity contribution in [2.24, 2.45) is 0 Å². The maximum Gasteiger partial charge on any atom is 0.313 e. The fraction of sp³-hybridized carbons (Fsp3) is 0.263. The maximum atomic E-state index is 13.0. The summed E-state index contributed by atoms with van der Waals surface area (Å²) in [7, 11) is 1.35. The average molecular weight is 341 g/mol. The van der Waals surface area contributed by atoms with Gasteiger partial charge in [-0.15, -0.1) is 0 Å². The van der Waals surface area contributed by atoms with E-state index in [1.54, 1.807) is 17.0 Å². The van der Waals surface area contributed by atoms with Crippen molar-refractivity contribution in [2.45, 2.75) is 25.3 Å². The highest BCUT2D eigenvalue weighted by Gasteiger charge is 2.37. The summed E-state index contributed by atoms with van der Waals surface area (Å²) in [4.78, 5) is 26.7. The van der Waals surface area contributed by atoms with E-state index in [4.69, 9.17) is 4.74 Å². The molecule has 2 aromatic rings. The molecule has 1 aliphatic rings. The van der Waals surface area contributed by atoms with Crippen molar-refractivity contribution < 1.29 is 24.5 Å². The number of rotatable bonds is 2. The molecule has 2 unspecified atom stereocenters. The van der Waals surface area contributed by atoms with Gasteiger partial charge in [0.2, 0.25) is 0 Å². The molecule has 0 bridgehead atoms. The Morgan fingerprint density at radius 3 is 2.40 bits per heavy atom. The second-order valence-electron chi connectivity index (χ2n) is 6.13. The summed E-state index contributed by atoms with van der Waals surface area (Å²) in [5, 5.41) is 19.3. The molecule has 0 aliphatic carbocycles. The number of fused-ring (bicyclic) bond motifs is 1. The smallest absolute Gasteiger partial charge is 0.313 e. The number of para-hydroxylation sites is 1. The number of esters is 1. The van der Waals surface area contributed by atoms with Gasteiger partial charge in [0.15, 0.2) is 0 Å². The Morgan fingerprint density at radius 1 is 1.12 bits per heavy atom. The number of hydrogen-bond donors (Lipinski definition) is 2. The molecule has 0 aromatic heterocycles. The van der Waals surface area contributed by atoms with E-state index in [0.29, 0.717) is 12.1 Å². The molecule has 1 aliphatic heterocycles. The molecular formula is C19H19NO5. The van der Waals surface area contributed by atoms with Crippen LogP contribution in [0.15, 0.2) is 42.5 Å². The Labute approximate surface area is 145 Å². The number of nitrogens with zero attached hydrogens (tertiary/aromatic N) is 1. The zero-order valence-corrected chi connectivity index (χ0v) is 14.0. The van der Waals surface area contributed by atoms with E-state index in [-0.39, 0.29) is 35.0 Å². The molecule has 0 saturated heterocycles. The molecule has 2 atom stereocenters. The van der Waals surface area contributed by atoms with Gasteiger partial charge < -0.3 is 19.8 Å². The molecule has 0 saturated carbocycles. The van der Waals surface area contributed by atoms with Crippen LogP contribution in [0.5, 0.6) is 11.5 Å². The number of methoxy groups -OCH3 is 1. The van der Waals surface area contributed by atoms with Crippen LogP contribution >= 0.6 is 0 Å². The number of phenols is 2. The minimum atomic E-state index is -0.433. The molecule has 6 heteroatoms. The number of anilines is 1. The van der Waals surface area contributed by atoms with Crippen molar-refractivity contribution in [3.8, 4) is 11.5 Å². The third-order valence-corrected chi connectivity index (χ3v) is 4.44. The van der Waals surface area contributed by atoms with E-state index in [0.717, 1.165) is 11.6 Å². The topological polar surface area (TPSA) is 87.1 Å². The van der Waals surface area contributed by atoms with Crippen molar-refractivity contribution in [3.05, 3.63) is 53.6 Å². The van der Waals surface area contributed by atoms with Gasteiger partial charge in [-0.3, -0.25) is 9.59 Å². The summed E-state index contributed by atoms with van der Waals surface area (Å²) in [6.07, 6.45) is 0.431. The van der Waals surface area contributed by atoms with Gasteiger partial charge >= 0.3 is 5.97 Å². The van der Waals surface area contributed by atoms with Gasteiger partial charge in [-0.2, -0.15) is 0 Å². The minimum Gasteiger partial charge on any atom is -0.508 e. The van der Waals surface area contributed by atoms with Crippen LogP contribution in [0.1, 0.15) is 35.2 Å². The predicted octanol–water partition coefficient (Wildman–Crippen LogP) is 2.79. The van der Waals surface area contributed by atoms with Crippen LogP contribution in [0, 0.1) is 0 Å². The summed E-state index contributed by atoms with van der Waals surface area (Å²) in [5.74, 6) is -1.49. The molecule has 0 fully saturated rings. The van der Waals surface area contributed by atoms with E-state index in [1.807, 2.05) is 19.1 Å². The van der Waals surface area contributed by atoms with Crippen molar-refractivity contribution in [1.82, 2.24) is 0 Å². The molecule has 130 valence electrons. The van der Waals surface area contributed by atoms with Gasteiger partial charge in [-0.25, -0.2) is 0 Å². The third-order valence-electron chi connectivity index (χ3n) is 4.44. The largest absolute Gasteiger partial charge is 0.508 e. The molecule has 1 amide bonds. The second-order valence-corrected chi connectivity index (χ2v) is 6.13. The lowest BCUT2D eigenvalue weighted by Crippen LogP contribution is -2.44. The highest BCUT2D eigenvalue weighted by Crippen LogP contribution is 2.40. The molecule has 3 rings (SSSR count). The van der Waals surface area contributed by atoms with Crippen LogP contribution in [0.4, 0.5) is 5.69 Å². The zero-order valence-electron chi connectivity index (χ0n) is 14.0. The molecule has 25 heavy (non-hydrogen) atoms. The van der Waals surface area contributed by atoms with E-state index in [9.17, 15) is 19.8 Å². The average Bonchev–Trinajstić information content (AvgIpc) is 2.59. The molecule has 6 nitrogen and oxygen atoms in total. The number of aromatic hydroxyl groups is 2. The highest BCUT2D eigenvalue weighted by atomic mass is 16.5. The summed E-state index contributed by atoms with van der Waals surface area (Å²) in [6.45, 7) is 1.85. The molecule has 1 heterocycles. The van der Waals surface area contributed by atoms with Crippen molar-refractivity contribution >= 4 is 17.6 Å². The normalized spacial score (nSPS) is 19.2. The molecule has 2 N–H and O–H groups in total. The Morgan fingerprint density at radius 2 is 1.76 bits per heavy atom. The van der Waals surface area contributed by atoms with Gasteiger partial charge in [0, 0.05) is 23.4 Å². The van der Waals surface area contributed by atoms with Crippen LogP contribution in [-0.2, 0) is 9.53 Å². The fourth-order valence-corrected chi connectivity index (χ4v) is 3.35. The highest BCUT2D eigenvalue weighted by molar-refractivity contribution is 6.08. The third kappa shape index (κ3) is 3.03. The van der Waals surface area contributed by atoms with Crippen molar-refractivity contribution in [2.75, 3.05) is 12.0 Å². The van der Waals surface area contributed by atoms with Gasteiger partial charge in [0.05, 0.1) is 13.0 Å². The van der Waals surface area contributed by atoms with Gasteiger partial charge in [-0.05, 0) is 37.1 Å². The molecular weight excluding hydrogens is 322 g/mol. The van der Waals surface area contributed by atoms with E-state index < -0.39 is 5.92 Å². The Balaban J connectivity index is 2.06. The monoisotopic (exact) mass is 341 g/mol. The van der Waals surface area contributed by atoms with Crippen LogP contribution in [0.25, 0.3) is 0 Å². The first-order valence-electron chi connectivity index (χ1n) is 7.95. The number of carbonyl (C=O) groups excluding carboxylic acids is 2. The summed E-state index contributed by atoms with van der Waals surface area (Å²) < 4.78 is 4.90. The first-order valence-corrected chi connectivity index (χ1v) is 7.95. The number of phenolic OH excluding ortho intramolecular Hbond substituents is 2. The van der Waals surface area contributed by atoms with Crippen LogP contribution in [-0.4, -0.2) is 35.2 Å². The number of amides is 1. The van der Waals surface area contributed by atoms with E-state index in [2.05, 4.69) is 0 Å². The van der Waals surface area contributed by atoms with Gasteiger partial charge in [-0.1, -0.05) is 18.2 Å². The molecule has 0 spiro atoms. The Bertz CT molecular complexity index is 812. The summed E-state index contributed by atoms with van der Waals surface area (Å²) in [5.41, 5.74) is 1.53. The Hall–Kier alpha value is -3.02. The van der Waals surface area contributed by atoms with Gasteiger partial charge in [0.25, 0.3) is 5.91 Å². The van der Waals surface area contributed by atoms with Crippen molar-refractivity contribution in [3.63, 3.8) is 0 Å². The lowest BCUT2D eigenvalue weighted by atomic mass is 9.85. The lowest BCUT2D eigenvalue weighted by molar-refractivity contribution is -0.142. The predicted molar refractivity (Wildman–Crippen MR) is 91.9 cm³/mol. The first-order chi connectivity index (χ1) is 11.9. The Kier molecular flexibility index (Phi) is 4.35. The quantitative estimate of drug-likeness (QED) is 0.820. The minimum absolute atomic E-state index is 0.177. The summed E-state index contributed by atoms with van der Waals surface area (Å²) in [6, 6.07) is 10.7. The maximum absolute atomic E-state index is 13.0. The number of ether oxygens (including phenoxy) is 1. The number of carbonyl (C=O) groups is 2. The molecule has 0 radical (unpaired) electrons. The van der Waals surface area contributed by atoms with Crippen LogP contribution < -0.4 is 4.90 Å². The van der Waals surface area contributed by atoms with Gasteiger partial charge in [0.1, 0.15) is 11.5 Å². The van der Waals surface area contributed by atoms with Crippen molar-refractivity contribution in [1.29, 1.82) is 0 Å². The second kappa shape index (κ2) is 6.47. The first kappa shape index (κ1) is 16.8. The molecule has 2 aromatic carbocycles.